The van der Waals surface area contributed by atoms with Crippen molar-refractivity contribution in [1.82, 2.24) is 0 Å². The van der Waals surface area contributed by atoms with Crippen LogP contribution >= 0.6 is 0 Å². The number of nitrogens with zero attached hydrogens (tertiary/aromatic N) is 1. The Labute approximate surface area is 154 Å². The molecule has 4 heteroatoms. The zero-order chi connectivity index (χ0) is 18.5. The molecule has 0 atom stereocenters. The summed E-state index contributed by atoms with van der Waals surface area (Å²) in [6.45, 7) is 6.03. The van der Waals surface area contributed by atoms with Gasteiger partial charge in [-0.1, -0.05) is 42.0 Å². The zero-order valence-corrected chi connectivity index (χ0v) is 15.4. The highest BCUT2D eigenvalue weighted by molar-refractivity contribution is 6.07. The number of ether oxygens (including phenoxy) is 2. The van der Waals surface area contributed by atoms with Gasteiger partial charge in [0.25, 0.3) is 0 Å². The van der Waals surface area contributed by atoms with Crippen molar-refractivity contribution in [2.45, 2.75) is 39.7 Å². The summed E-state index contributed by atoms with van der Waals surface area (Å²) in [7, 11) is 0. The Hall–Kier alpha value is -2.88. The van der Waals surface area contributed by atoms with Gasteiger partial charge < -0.3 is 9.47 Å². The quantitative estimate of drug-likeness (QED) is 0.560. The predicted octanol–water partition coefficient (Wildman–Crippen LogP) is 4.71. The van der Waals surface area contributed by atoms with Gasteiger partial charge >= 0.3 is 5.97 Å². The van der Waals surface area contributed by atoms with Gasteiger partial charge in [0.1, 0.15) is 5.75 Å². The van der Waals surface area contributed by atoms with Gasteiger partial charge in [0.2, 0.25) is 0 Å². The van der Waals surface area contributed by atoms with Crippen LogP contribution in [0, 0.1) is 6.92 Å². The highest BCUT2D eigenvalue weighted by Gasteiger charge is 2.22. The van der Waals surface area contributed by atoms with Crippen LogP contribution in [-0.2, 0) is 16.0 Å². The maximum Gasteiger partial charge on any atom is 0.363 e. The van der Waals surface area contributed by atoms with E-state index in [1.165, 1.54) is 11.1 Å². The Morgan fingerprint density at radius 2 is 1.73 bits per heavy atom. The molecule has 0 aromatic heterocycles. The average molecular weight is 349 g/mol. The van der Waals surface area contributed by atoms with Crippen LogP contribution in [0.15, 0.2) is 59.2 Å². The SMILES string of the molecule is Cc1ccc(CCC2=N/C(=C/c3ccc(OC(C)C)cc3)C(=O)O2)cc1. The fourth-order valence-electron chi connectivity index (χ4n) is 2.64. The number of esters is 1. The average Bonchev–Trinajstić information content (AvgIpc) is 2.95. The van der Waals surface area contributed by atoms with E-state index in [0.29, 0.717) is 18.0 Å². The minimum Gasteiger partial charge on any atom is -0.491 e. The van der Waals surface area contributed by atoms with E-state index in [0.717, 1.165) is 17.7 Å². The Bertz CT molecular complexity index is 831. The first kappa shape index (κ1) is 17.9. The third-order valence-electron chi connectivity index (χ3n) is 3.97. The van der Waals surface area contributed by atoms with Gasteiger partial charge in [0, 0.05) is 6.42 Å². The van der Waals surface area contributed by atoms with Crippen LogP contribution in [0.1, 0.15) is 37.0 Å². The van der Waals surface area contributed by atoms with Gasteiger partial charge in [-0.2, -0.15) is 0 Å². The molecule has 0 aliphatic carbocycles. The van der Waals surface area contributed by atoms with E-state index in [4.69, 9.17) is 9.47 Å². The van der Waals surface area contributed by atoms with Crippen molar-refractivity contribution in [3.8, 4) is 5.75 Å². The molecule has 0 saturated carbocycles. The lowest BCUT2D eigenvalue weighted by atomic mass is 10.1. The maximum absolute atomic E-state index is 12.0. The van der Waals surface area contributed by atoms with E-state index >= 15 is 0 Å². The van der Waals surface area contributed by atoms with Crippen LogP contribution in [0.2, 0.25) is 0 Å². The summed E-state index contributed by atoms with van der Waals surface area (Å²) >= 11 is 0. The standard InChI is InChI=1S/C22H23NO3/c1-15(2)25-19-11-8-18(9-12-19)14-20-22(24)26-21(23-20)13-10-17-6-4-16(3)5-7-17/h4-9,11-12,14-15H,10,13H2,1-3H3/b20-14+. The molecular formula is C22H23NO3. The minimum absolute atomic E-state index is 0.129. The van der Waals surface area contributed by atoms with Crippen molar-refractivity contribution in [1.29, 1.82) is 0 Å². The van der Waals surface area contributed by atoms with Gasteiger partial charge in [-0.05, 0) is 56.5 Å². The lowest BCUT2D eigenvalue weighted by Gasteiger charge is -2.09. The van der Waals surface area contributed by atoms with Gasteiger partial charge in [-0.15, -0.1) is 0 Å². The molecule has 0 amide bonds. The second-order valence-corrected chi connectivity index (χ2v) is 6.65. The number of aryl methyl sites for hydroxylation is 2. The number of benzene rings is 2. The Balaban J connectivity index is 1.65. The largest absolute Gasteiger partial charge is 0.491 e. The van der Waals surface area contributed by atoms with Crippen molar-refractivity contribution in [2.24, 2.45) is 4.99 Å². The molecule has 0 saturated heterocycles. The first-order chi connectivity index (χ1) is 12.5. The fraction of sp³-hybridized carbons (Fsp3) is 0.273. The van der Waals surface area contributed by atoms with Crippen molar-refractivity contribution >= 4 is 17.9 Å². The number of carbonyl (C=O) groups is 1. The van der Waals surface area contributed by atoms with Crippen LogP contribution in [0.3, 0.4) is 0 Å². The smallest absolute Gasteiger partial charge is 0.363 e. The van der Waals surface area contributed by atoms with Crippen molar-refractivity contribution in [3.63, 3.8) is 0 Å². The molecule has 1 heterocycles. The molecule has 2 aromatic rings. The van der Waals surface area contributed by atoms with Crippen LogP contribution in [0.4, 0.5) is 0 Å². The molecule has 0 bridgehead atoms. The molecule has 134 valence electrons. The summed E-state index contributed by atoms with van der Waals surface area (Å²) < 4.78 is 10.9. The normalized spacial score (nSPS) is 15.3. The van der Waals surface area contributed by atoms with Crippen molar-refractivity contribution < 1.29 is 14.3 Å². The molecule has 0 N–H and O–H groups in total. The predicted molar refractivity (Wildman–Crippen MR) is 103 cm³/mol. The van der Waals surface area contributed by atoms with E-state index in [1.54, 1.807) is 6.08 Å². The zero-order valence-electron chi connectivity index (χ0n) is 15.4. The number of aliphatic imine (C=N–C) groups is 1. The summed E-state index contributed by atoms with van der Waals surface area (Å²) in [4.78, 5) is 16.4. The number of cyclic esters (lactones) is 1. The van der Waals surface area contributed by atoms with Gasteiger partial charge in [-0.3, -0.25) is 0 Å². The first-order valence-electron chi connectivity index (χ1n) is 8.83. The van der Waals surface area contributed by atoms with Crippen LogP contribution < -0.4 is 4.74 Å². The highest BCUT2D eigenvalue weighted by Crippen LogP contribution is 2.20. The summed E-state index contributed by atoms with van der Waals surface area (Å²) in [6, 6.07) is 15.9. The van der Waals surface area contributed by atoms with Crippen LogP contribution in [-0.4, -0.2) is 18.0 Å². The van der Waals surface area contributed by atoms with E-state index < -0.39 is 5.97 Å². The first-order valence-corrected chi connectivity index (χ1v) is 8.83. The summed E-state index contributed by atoms with van der Waals surface area (Å²) in [6.07, 6.45) is 3.26. The van der Waals surface area contributed by atoms with Gasteiger partial charge in [0.05, 0.1) is 6.10 Å². The molecule has 4 nitrogen and oxygen atoms in total. The Kier molecular flexibility index (Phi) is 5.52. The number of hydrogen-bond donors (Lipinski definition) is 0. The summed E-state index contributed by atoms with van der Waals surface area (Å²) in [5.41, 5.74) is 3.65. The van der Waals surface area contributed by atoms with E-state index in [1.807, 2.05) is 38.1 Å². The van der Waals surface area contributed by atoms with Crippen LogP contribution in [0.5, 0.6) is 5.75 Å². The number of hydrogen-bond acceptors (Lipinski definition) is 4. The van der Waals surface area contributed by atoms with Gasteiger partial charge in [-0.25, -0.2) is 9.79 Å². The van der Waals surface area contributed by atoms with E-state index in [2.05, 4.69) is 36.2 Å². The molecule has 0 unspecified atom stereocenters. The molecule has 2 aromatic carbocycles. The van der Waals surface area contributed by atoms with E-state index in [-0.39, 0.29) is 6.10 Å². The highest BCUT2D eigenvalue weighted by atomic mass is 16.6. The molecule has 1 aliphatic rings. The second kappa shape index (κ2) is 8.00. The lowest BCUT2D eigenvalue weighted by molar-refractivity contribution is -0.130. The molecule has 0 radical (unpaired) electrons. The number of carbonyl (C=O) groups excluding carboxylic acids is 1. The molecule has 0 fully saturated rings. The lowest BCUT2D eigenvalue weighted by Crippen LogP contribution is -2.05. The van der Waals surface area contributed by atoms with Crippen LogP contribution in [0.25, 0.3) is 6.08 Å². The maximum atomic E-state index is 12.0. The third-order valence-corrected chi connectivity index (χ3v) is 3.97. The van der Waals surface area contributed by atoms with Crippen molar-refractivity contribution in [2.75, 3.05) is 0 Å². The molecule has 3 rings (SSSR count). The molecule has 1 aliphatic heterocycles. The Morgan fingerprint density at radius 1 is 1.04 bits per heavy atom. The minimum atomic E-state index is -0.397. The summed E-state index contributed by atoms with van der Waals surface area (Å²) in [5, 5.41) is 0. The second-order valence-electron chi connectivity index (χ2n) is 6.65. The number of rotatable bonds is 6. The van der Waals surface area contributed by atoms with E-state index in [9.17, 15) is 4.79 Å². The topological polar surface area (TPSA) is 47.9 Å². The monoisotopic (exact) mass is 349 g/mol. The molecular weight excluding hydrogens is 326 g/mol. The Morgan fingerprint density at radius 3 is 2.38 bits per heavy atom. The van der Waals surface area contributed by atoms with Gasteiger partial charge in [0.15, 0.2) is 11.6 Å². The summed E-state index contributed by atoms with van der Waals surface area (Å²) in [5.74, 6) is 0.881. The molecule has 26 heavy (non-hydrogen) atoms. The van der Waals surface area contributed by atoms with Crippen molar-refractivity contribution in [3.05, 3.63) is 70.9 Å². The molecule has 0 spiro atoms. The fourth-order valence-corrected chi connectivity index (χ4v) is 2.64. The third kappa shape index (κ3) is 4.82.